The second-order valence-electron chi connectivity index (χ2n) is 2.95. The van der Waals surface area contributed by atoms with Gasteiger partial charge in [0.25, 0.3) is 5.56 Å². The summed E-state index contributed by atoms with van der Waals surface area (Å²) in [6.07, 6.45) is 2.67. The first-order chi connectivity index (χ1) is 7.70. The van der Waals surface area contributed by atoms with Gasteiger partial charge in [0, 0.05) is 6.20 Å². The first-order valence-corrected chi connectivity index (χ1v) is 4.70. The lowest BCUT2D eigenvalue weighted by molar-refractivity contribution is 1.09. The summed E-state index contributed by atoms with van der Waals surface area (Å²) in [6, 6.07) is 5.01. The van der Waals surface area contributed by atoms with Crippen molar-refractivity contribution in [1.29, 1.82) is 5.26 Å². The number of pyridine rings is 1. The molecule has 6 heteroatoms. The fourth-order valence-electron chi connectivity index (χ4n) is 1.12. The van der Waals surface area contributed by atoms with Gasteiger partial charge in [0.1, 0.15) is 17.3 Å². The third-order valence-corrected chi connectivity index (χ3v) is 2.11. The number of nitrogens with one attached hydrogen (secondary N) is 1. The largest absolute Gasteiger partial charge is 0.304 e. The van der Waals surface area contributed by atoms with E-state index in [1.165, 1.54) is 12.4 Å². The molecule has 2 rings (SSSR count). The van der Waals surface area contributed by atoms with Gasteiger partial charge in [-0.15, -0.1) is 0 Å². The molecule has 0 aliphatic rings. The van der Waals surface area contributed by atoms with Crippen molar-refractivity contribution in [2.75, 3.05) is 0 Å². The van der Waals surface area contributed by atoms with Gasteiger partial charge in [-0.25, -0.2) is 4.98 Å². The number of aromatic nitrogens is 3. The maximum Gasteiger partial charge on any atom is 0.269 e. The van der Waals surface area contributed by atoms with E-state index in [4.69, 9.17) is 16.9 Å². The van der Waals surface area contributed by atoms with Gasteiger partial charge < -0.3 is 4.98 Å². The molecule has 78 valence electrons. The SMILES string of the molecule is N#Cc1cnc(-c2ccc(Cl)cn2)[nH]c1=O. The molecule has 0 aliphatic heterocycles. The summed E-state index contributed by atoms with van der Waals surface area (Å²) in [5.74, 6) is 0.306. The molecule has 0 spiro atoms. The van der Waals surface area contributed by atoms with Crippen LogP contribution in [0.4, 0.5) is 0 Å². The quantitative estimate of drug-likeness (QED) is 0.805. The molecule has 2 heterocycles. The first-order valence-electron chi connectivity index (χ1n) is 4.32. The van der Waals surface area contributed by atoms with Crippen LogP contribution in [0.2, 0.25) is 5.02 Å². The number of nitrogens with zero attached hydrogens (tertiary/aromatic N) is 3. The number of halogens is 1. The van der Waals surface area contributed by atoms with Crippen LogP contribution in [0, 0.1) is 11.3 Å². The summed E-state index contributed by atoms with van der Waals surface area (Å²) in [4.78, 5) is 21.7. The van der Waals surface area contributed by atoms with Crippen molar-refractivity contribution in [3.63, 3.8) is 0 Å². The first kappa shape index (κ1) is 10.3. The highest BCUT2D eigenvalue weighted by Crippen LogP contribution is 2.13. The van der Waals surface area contributed by atoms with Gasteiger partial charge in [0.05, 0.1) is 11.2 Å². The molecule has 2 aromatic rings. The van der Waals surface area contributed by atoms with Crippen molar-refractivity contribution >= 4 is 11.6 Å². The second kappa shape index (κ2) is 4.13. The number of rotatable bonds is 1. The minimum atomic E-state index is -0.482. The Hall–Kier alpha value is -2.19. The fraction of sp³-hybridized carbons (Fsp3) is 0. The van der Waals surface area contributed by atoms with E-state index in [0.29, 0.717) is 16.5 Å². The Kier molecular flexibility index (Phi) is 2.66. The molecule has 0 atom stereocenters. The molecule has 16 heavy (non-hydrogen) atoms. The van der Waals surface area contributed by atoms with Gasteiger partial charge in [-0.05, 0) is 12.1 Å². The Morgan fingerprint density at radius 1 is 1.31 bits per heavy atom. The van der Waals surface area contributed by atoms with Crippen molar-refractivity contribution in [3.05, 3.63) is 45.5 Å². The monoisotopic (exact) mass is 232 g/mol. The molecule has 0 saturated heterocycles. The van der Waals surface area contributed by atoms with Crippen LogP contribution in [0.3, 0.4) is 0 Å². The predicted octanol–water partition coefficient (Wildman–Crippen LogP) is 1.36. The molecule has 0 fully saturated rings. The minimum absolute atomic E-state index is 0.0299. The topological polar surface area (TPSA) is 82.4 Å². The van der Waals surface area contributed by atoms with E-state index >= 15 is 0 Å². The van der Waals surface area contributed by atoms with Crippen LogP contribution >= 0.6 is 11.6 Å². The zero-order valence-corrected chi connectivity index (χ0v) is 8.69. The lowest BCUT2D eigenvalue weighted by Crippen LogP contribution is -2.12. The van der Waals surface area contributed by atoms with Crippen LogP contribution in [0.5, 0.6) is 0 Å². The highest BCUT2D eigenvalue weighted by atomic mass is 35.5. The van der Waals surface area contributed by atoms with Crippen molar-refractivity contribution in [1.82, 2.24) is 15.0 Å². The summed E-state index contributed by atoms with van der Waals surface area (Å²) in [6.45, 7) is 0. The average Bonchev–Trinajstić information content (AvgIpc) is 2.30. The molecular weight excluding hydrogens is 228 g/mol. The van der Waals surface area contributed by atoms with Crippen LogP contribution in [0.1, 0.15) is 5.56 Å². The summed E-state index contributed by atoms with van der Waals surface area (Å²) < 4.78 is 0. The van der Waals surface area contributed by atoms with E-state index in [0.717, 1.165) is 0 Å². The molecule has 0 unspecified atom stereocenters. The smallest absolute Gasteiger partial charge is 0.269 e. The molecule has 0 saturated carbocycles. The second-order valence-corrected chi connectivity index (χ2v) is 3.38. The van der Waals surface area contributed by atoms with Gasteiger partial charge >= 0.3 is 0 Å². The summed E-state index contributed by atoms with van der Waals surface area (Å²) in [5, 5.41) is 9.07. The van der Waals surface area contributed by atoms with E-state index in [9.17, 15) is 4.79 Å². The fourth-order valence-corrected chi connectivity index (χ4v) is 1.23. The highest BCUT2D eigenvalue weighted by Gasteiger charge is 2.04. The maximum atomic E-state index is 11.3. The van der Waals surface area contributed by atoms with Crippen LogP contribution in [-0.2, 0) is 0 Å². The third kappa shape index (κ3) is 1.92. The Balaban J connectivity index is 2.50. The number of aromatic amines is 1. The van der Waals surface area contributed by atoms with E-state index in [-0.39, 0.29) is 5.56 Å². The minimum Gasteiger partial charge on any atom is -0.304 e. The van der Waals surface area contributed by atoms with Crippen LogP contribution in [-0.4, -0.2) is 15.0 Å². The molecule has 0 amide bonds. The standard InChI is InChI=1S/C10H5ClN4O/c11-7-1-2-8(13-5-7)9-14-4-6(3-12)10(16)15-9/h1-2,4-5H,(H,14,15,16). The normalized spacial score (nSPS) is 9.75. The van der Waals surface area contributed by atoms with Gasteiger partial charge in [-0.2, -0.15) is 5.26 Å². The van der Waals surface area contributed by atoms with Gasteiger partial charge in [0.2, 0.25) is 0 Å². The molecule has 0 bridgehead atoms. The van der Waals surface area contributed by atoms with Gasteiger partial charge in [-0.1, -0.05) is 11.6 Å². The lowest BCUT2D eigenvalue weighted by Gasteiger charge is -1.99. The predicted molar refractivity (Wildman–Crippen MR) is 57.8 cm³/mol. The molecule has 1 N–H and O–H groups in total. The van der Waals surface area contributed by atoms with E-state index in [1.807, 2.05) is 0 Å². The number of H-pyrrole nitrogens is 1. The lowest BCUT2D eigenvalue weighted by atomic mass is 10.3. The number of nitriles is 1. The van der Waals surface area contributed by atoms with Crippen molar-refractivity contribution < 1.29 is 0 Å². The van der Waals surface area contributed by atoms with Crippen LogP contribution < -0.4 is 5.56 Å². The van der Waals surface area contributed by atoms with Crippen LogP contribution in [0.15, 0.2) is 29.3 Å². The molecule has 5 nitrogen and oxygen atoms in total. The zero-order valence-electron chi connectivity index (χ0n) is 7.94. The number of hydrogen-bond donors (Lipinski definition) is 1. The summed E-state index contributed by atoms with van der Waals surface area (Å²) in [7, 11) is 0. The highest BCUT2D eigenvalue weighted by molar-refractivity contribution is 6.30. The molecule has 0 aromatic carbocycles. The molecule has 0 aliphatic carbocycles. The number of hydrogen-bond acceptors (Lipinski definition) is 4. The average molecular weight is 233 g/mol. The maximum absolute atomic E-state index is 11.3. The van der Waals surface area contributed by atoms with E-state index in [2.05, 4.69) is 15.0 Å². The Morgan fingerprint density at radius 2 is 2.12 bits per heavy atom. The molecular formula is C10H5ClN4O. The van der Waals surface area contributed by atoms with Crippen LogP contribution in [0.25, 0.3) is 11.5 Å². The van der Waals surface area contributed by atoms with Crippen molar-refractivity contribution in [2.45, 2.75) is 0 Å². The van der Waals surface area contributed by atoms with E-state index < -0.39 is 5.56 Å². The Morgan fingerprint density at radius 3 is 2.69 bits per heavy atom. The zero-order chi connectivity index (χ0) is 11.5. The molecule has 0 radical (unpaired) electrons. The third-order valence-electron chi connectivity index (χ3n) is 1.89. The Labute approximate surface area is 95.4 Å². The summed E-state index contributed by atoms with van der Waals surface area (Å²) in [5.41, 5.74) is -0.0204. The molecule has 2 aromatic heterocycles. The van der Waals surface area contributed by atoms with E-state index in [1.54, 1.807) is 18.2 Å². The Bertz CT molecular complexity index is 612. The van der Waals surface area contributed by atoms with Gasteiger partial charge in [0.15, 0.2) is 5.82 Å². The van der Waals surface area contributed by atoms with Crippen molar-refractivity contribution in [3.8, 4) is 17.6 Å². The van der Waals surface area contributed by atoms with Crippen molar-refractivity contribution in [2.24, 2.45) is 0 Å². The van der Waals surface area contributed by atoms with Gasteiger partial charge in [-0.3, -0.25) is 9.78 Å². The summed E-state index contributed by atoms with van der Waals surface area (Å²) >= 11 is 5.68.